The summed E-state index contributed by atoms with van der Waals surface area (Å²) < 4.78 is 28.5. The van der Waals surface area contributed by atoms with Crippen molar-refractivity contribution in [3.63, 3.8) is 0 Å². The first-order valence-electron chi connectivity index (χ1n) is 7.91. The summed E-state index contributed by atoms with van der Waals surface area (Å²) in [5.74, 6) is -0.666. The molecule has 5 heteroatoms. The molecule has 0 radical (unpaired) electrons. The third kappa shape index (κ3) is 4.93. The van der Waals surface area contributed by atoms with Crippen molar-refractivity contribution in [1.82, 2.24) is 0 Å². The van der Waals surface area contributed by atoms with Gasteiger partial charge in [0.1, 0.15) is 0 Å². The van der Waals surface area contributed by atoms with Gasteiger partial charge in [-0.25, -0.2) is 8.42 Å². The lowest BCUT2D eigenvalue weighted by atomic mass is 10.0. The highest BCUT2D eigenvalue weighted by molar-refractivity contribution is 7.92. The van der Waals surface area contributed by atoms with Gasteiger partial charge in [0.2, 0.25) is 0 Å². The molecular weight excluding hydrogens is 324 g/mol. The third-order valence-electron chi connectivity index (χ3n) is 3.82. The average Bonchev–Trinajstić information content (AvgIpc) is 2.55. The average molecular weight is 346 g/mol. The first kappa shape index (κ1) is 18.2. The van der Waals surface area contributed by atoms with Crippen molar-refractivity contribution in [3.8, 4) is 11.1 Å². The third-order valence-corrected chi connectivity index (χ3v) is 5.28. The van der Waals surface area contributed by atoms with Gasteiger partial charge in [-0.05, 0) is 36.5 Å². The van der Waals surface area contributed by atoms with E-state index in [9.17, 15) is 13.2 Å². The summed E-state index contributed by atoms with van der Waals surface area (Å²) in [5, 5.41) is -1.11. The smallest absolute Gasteiger partial charge is 0.324 e. The molecule has 0 bridgehead atoms. The summed E-state index contributed by atoms with van der Waals surface area (Å²) in [6, 6.07) is 18.0. The molecular formula is C19H22O4S. The van der Waals surface area contributed by atoms with Gasteiger partial charge in [0.25, 0.3) is 0 Å². The predicted octanol–water partition coefficient (Wildman–Crippen LogP) is 3.26. The maximum Gasteiger partial charge on any atom is 0.324 e. The number of hydrogen-bond donors (Lipinski definition) is 0. The standard InChI is InChI=1S/C19H22O4S/c1-3-23-19(20)18(24(2,21)22)14-11-15-9-12-17(13-10-15)16-7-5-4-6-8-16/h4-10,12-13,18H,3,11,14H2,1-2H3. The van der Waals surface area contributed by atoms with Crippen LogP contribution < -0.4 is 0 Å². The summed E-state index contributed by atoms with van der Waals surface area (Å²) in [6.45, 7) is 1.84. The van der Waals surface area contributed by atoms with E-state index in [2.05, 4.69) is 0 Å². The molecule has 2 rings (SSSR count). The van der Waals surface area contributed by atoms with Crippen LogP contribution in [-0.4, -0.2) is 32.5 Å². The van der Waals surface area contributed by atoms with Gasteiger partial charge in [-0.1, -0.05) is 54.6 Å². The van der Waals surface area contributed by atoms with Crippen LogP contribution in [0.2, 0.25) is 0 Å². The van der Waals surface area contributed by atoms with E-state index in [-0.39, 0.29) is 13.0 Å². The van der Waals surface area contributed by atoms with Gasteiger partial charge in [0.05, 0.1) is 6.61 Å². The van der Waals surface area contributed by atoms with Gasteiger partial charge >= 0.3 is 5.97 Å². The van der Waals surface area contributed by atoms with Gasteiger partial charge in [0, 0.05) is 6.26 Å². The summed E-state index contributed by atoms with van der Waals surface area (Å²) in [5.41, 5.74) is 3.22. The molecule has 0 saturated carbocycles. The molecule has 24 heavy (non-hydrogen) atoms. The van der Waals surface area contributed by atoms with E-state index in [1.54, 1.807) is 6.92 Å². The molecule has 2 aromatic carbocycles. The molecule has 0 N–H and O–H groups in total. The fourth-order valence-electron chi connectivity index (χ4n) is 2.53. The monoisotopic (exact) mass is 346 g/mol. The Balaban J connectivity index is 2.06. The number of esters is 1. The van der Waals surface area contributed by atoms with Crippen LogP contribution in [0.15, 0.2) is 54.6 Å². The van der Waals surface area contributed by atoms with Crippen LogP contribution in [0.3, 0.4) is 0 Å². The van der Waals surface area contributed by atoms with Crippen LogP contribution in [0.1, 0.15) is 18.9 Å². The van der Waals surface area contributed by atoms with Crippen LogP contribution in [-0.2, 0) is 25.8 Å². The second-order valence-corrected chi connectivity index (χ2v) is 7.90. The van der Waals surface area contributed by atoms with Gasteiger partial charge in [-0.15, -0.1) is 0 Å². The molecule has 2 aromatic rings. The first-order chi connectivity index (χ1) is 11.4. The molecule has 0 fully saturated rings. The zero-order valence-corrected chi connectivity index (χ0v) is 14.8. The number of sulfone groups is 1. The number of carbonyl (C=O) groups excluding carboxylic acids is 1. The van der Waals surface area contributed by atoms with E-state index in [0.717, 1.165) is 22.9 Å². The summed E-state index contributed by atoms with van der Waals surface area (Å²) in [4.78, 5) is 11.8. The Kier molecular flexibility index (Phi) is 6.15. The zero-order chi connectivity index (χ0) is 17.6. The van der Waals surface area contributed by atoms with Crippen molar-refractivity contribution >= 4 is 15.8 Å². The Bertz CT molecular complexity index is 765. The fraction of sp³-hybridized carbons (Fsp3) is 0.316. The van der Waals surface area contributed by atoms with Gasteiger partial charge in [-0.2, -0.15) is 0 Å². The number of benzene rings is 2. The molecule has 0 spiro atoms. The first-order valence-corrected chi connectivity index (χ1v) is 9.87. The molecule has 1 atom stereocenters. The molecule has 0 heterocycles. The molecule has 128 valence electrons. The van der Waals surface area contributed by atoms with E-state index >= 15 is 0 Å². The van der Waals surface area contributed by atoms with Crippen LogP contribution >= 0.6 is 0 Å². The highest BCUT2D eigenvalue weighted by Gasteiger charge is 2.29. The van der Waals surface area contributed by atoms with Crippen molar-refractivity contribution in [2.75, 3.05) is 12.9 Å². The highest BCUT2D eigenvalue weighted by atomic mass is 32.2. The van der Waals surface area contributed by atoms with E-state index < -0.39 is 21.1 Å². The van der Waals surface area contributed by atoms with Gasteiger partial charge in [-0.3, -0.25) is 4.79 Å². The van der Waals surface area contributed by atoms with Gasteiger partial charge in [0.15, 0.2) is 15.1 Å². The van der Waals surface area contributed by atoms with Crippen LogP contribution in [0.25, 0.3) is 11.1 Å². The van der Waals surface area contributed by atoms with E-state index in [1.807, 2.05) is 54.6 Å². The zero-order valence-electron chi connectivity index (χ0n) is 13.9. The number of carbonyl (C=O) groups is 1. The number of rotatable bonds is 7. The van der Waals surface area contributed by atoms with Crippen LogP contribution in [0.5, 0.6) is 0 Å². The quantitative estimate of drug-likeness (QED) is 0.722. The second-order valence-electron chi connectivity index (χ2n) is 5.67. The predicted molar refractivity (Wildman–Crippen MR) is 95.5 cm³/mol. The minimum Gasteiger partial charge on any atom is -0.465 e. The summed E-state index contributed by atoms with van der Waals surface area (Å²) in [6.07, 6.45) is 1.81. The van der Waals surface area contributed by atoms with Crippen molar-refractivity contribution in [2.24, 2.45) is 0 Å². The fourth-order valence-corrected chi connectivity index (χ4v) is 3.50. The normalized spacial score (nSPS) is 12.6. The second kappa shape index (κ2) is 8.11. The molecule has 1 unspecified atom stereocenters. The van der Waals surface area contributed by atoms with E-state index in [1.165, 1.54) is 0 Å². The summed E-state index contributed by atoms with van der Waals surface area (Å²) >= 11 is 0. The Morgan fingerprint density at radius 1 is 1.00 bits per heavy atom. The molecule has 0 saturated heterocycles. The minimum absolute atomic E-state index is 0.177. The Morgan fingerprint density at radius 2 is 1.58 bits per heavy atom. The molecule has 0 aromatic heterocycles. The maximum atomic E-state index is 11.8. The molecule has 0 aliphatic heterocycles. The summed E-state index contributed by atoms with van der Waals surface area (Å²) in [7, 11) is -3.48. The van der Waals surface area contributed by atoms with Crippen LogP contribution in [0, 0.1) is 0 Å². The highest BCUT2D eigenvalue weighted by Crippen LogP contribution is 2.20. The van der Waals surface area contributed by atoms with E-state index in [4.69, 9.17) is 4.74 Å². The molecule has 4 nitrogen and oxygen atoms in total. The number of aryl methyl sites for hydroxylation is 1. The lowest BCUT2D eigenvalue weighted by Crippen LogP contribution is -2.31. The van der Waals surface area contributed by atoms with E-state index in [0.29, 0.717) is 6.42 Å². The lowest BCUT2D eigenvalue weighted by molar-refractivity contribution is -0.142. The Hall–Kier alpha value is -2.14. The van der Waals surface area contributed by atoms with Crippen molar-refractivity contribution in [3.05, 3.63) is 60.2 Å². The van der Waals surface area contributed by atoms with Crippen molar-refractivity contribution in [2.45, 2.75) is 25.0 Å². The molecule has 0 amide bonds. The molecule has 0 aliphatic rings. The topological polar surface area (TPSA) is 60.4 Å². The van der Waals surface area contributed by atoms with Gasteiger partial charge < -0.3 is 4.74 Å². The van der Waals surface area contributed by atoms with Crippen molar-refractivity contribution in [1.29, 1.82) is 0 Å². The largest absolute Gasteiger partial charge is 0.465 e. The minimum atomic E-state index is -3.48. The van der Waals surface area contributed by atoms with Crippen LogP contribution in [0.4, 0.5) is 0 Å². The Labute approximate surface area is 143 Å². The Morgan fingerprint density at radius 3 is 2.12 bits per heavy atom. The van der Waals surface area contributed by atoms with Crippen molar-refractivity contribution < 1.29 is 17.9 Å². The molecule has 0 aliphatic carbocycles. The SMILES string of the molecule is CCOC(=O)C(CCc1ccc(-c2ccccc2)cc1)S(C)(=O)=O. The number of ether oxygens (including phenoxy) is 1. The lowest BCUT2D eigenvalue weighted by Gasteiger charge is -2.13. The number of hydrogen-bond acceptors (Lipinski definition) is 4. The maximum absolute atomic E-state index is 11.8.